The van der Waals surface area contributed by atoms with Gasteiger partial charge in [-0.2, -0.15) is 0 Å². The third-order valence-electron chi connectivity index (χ3n) is 3.19. The summed E-state index contributed by atoms with van der Waals surface area (Å²) in [5.74, 6) is -0.370. The van der Waals surface area contributed by atoms with E-state index in [1.165, 1.54) is 0 Å². The maximum atomic E-state index is 11.1. The minimum absolute atomic E-state index is 0.00393. The molecule has 0 atom stereocenters. The fourth-order valence-corrected chi connectivity index (χ4v) is 2.05. The van der Waals surface area contributed by atoms with Crippen LogP contribution in [0.25, 0.3) is 11.5 Å². The van der Waals surface area contributed by atoms with Crippen LogP contribution >= 0.6 is 0 Å². The molecule has 0 aliphatic heterocycles. The summed E-state index contributed by atoms with van der Waals surface area (Å²) in [6, 6.07) is 7.67. The van der Waals surface area contributed by atoms with Crippen molar-refractivity contribution in [1.82, 2.24) is 4.98 Å². The zero-order valence-electron chi connectivity index (χ0n) is 10.0. The van der Waals surface area contributed by atoms with Crippen molar-refractivity contribution >= 4 is 5.97 Å². The van der Waals surface area contributed by atoms with Crippen LogP contribution in [0.15, 0.2) is 28.7 Å². The average Bonchev–Trinajstić information content (AvgIpc) is 3.09. The zero-order valence-corrected chi connectivity index (χ0v) is 10.0. The number of carboxylic acid groups (broad SMARTS) is 1. The molecule has 92 valence electrons. The van der Waals surface area contributed by atoms with Crippen molar-refractivity contribution in [2.24, 2.45) is 0 Å². The number of rotatable bonds is 3. The van der Waals surface area contributed by atoms with Gasteiger partial charge >= 0.3 is 5.97 Å². The molecule has 1 aromatic carbocycles. The first-order chi connectivity index (χ1) is 8.66. The number of hydrogen-bond acceptors (Lipinski definition) is 3. The van der Waals surface area contributed by atoms with Gasteiger partial charge in [-0.3, -0.25) is 0 Å². The molecule has 0 unspecified atom stereocenters. The van der Waals surface area contributed by atoms with Gasteiger partial charge < -0.3 is 9.52 Å². The lowest BCUT2D eigenvalue weighted by atomic mass is 10.1. The van der Waals surface area contributed by atoms with E-state index in [1.807, 2.05) is 31.2 Å². The Kier molecular flexibility index (Phi) is 2.44. The molecule has 3 rings (SSSR count). The molecule has 1 N–H and O–H groups in total. The monoisotopic (exact) mass is 243 g/mol. The second-order valence-electron chi connectivity index (χ2n) is 4.63. The summed E-state index contributed by atoms with van der Waals surface area (Å²) < 4.78 is 5.43. The van der Waals surface area contributed by atoms with Gasteiger partial charge in [0.15, 0.2) is 0 Å². The molecule has 4 heteroatoms. The maximum absolute atomic E-state index is 11.1. The SMILES string of the molecule is Cc1ccccc1-c1nc(C2CC2)c(C(=O)O)o1. The predicted octanol–water partition coefficient (Wildman–Crippen LogP) is 3.23. The number of nitrogens with zero attached hydrogens (tertiary/aromatic N) is 1. The van der Waals surface area contributed by atoms with E-state index in [-0.39, 0.29) is 11.7 Å². The molecule has 1 fully saturated rings. The van der Waals surface area contributed by atoms with E-state index in [0.29, 0.717) is 11.6 Å². The smallest absolute Gasteiger partial charge is 0.373 e. The number of carbonyl (C=O) groups is 1. The van der Waals surface area contributed by atoms with Gasteiger partial charge in [0, 0.05) is 11.5 Å². The molecule has 1 aliphatic carbocycles. The average molecular weight is 243 g/mol. The van der Waals surface area contributed by atoms with E-state index in [9.17, 15) is 4.79 Å². The second kappa shape index (κ2) is 3.98. The van der Waals surface area contributed by atoms with Crippen molar-refractivity contribution in [1.29, 1.82) is 0 Å². The Bertz CT molecular complexity index is 611. The summed E-state index contributed by atoms with van der Waals surface area (Å²) in [7, 11) is 0. The Morgan fingerprint density at radius 1 is 1.39 bits per heavy atom. The van der Waals surface area contributed by atoms with Gasteiger partial charge in [-0.1, -0.05) is 18.2 Å². The molecule has 1 heterocycles. The quantitative estimate of drug-likeness (QED) is 0.898. The lowest BCUT2D eigenvalue weighted by molar-refractivity contribution is 0.0661. The molecule has 1 aromatic heterocycles. The van der Waals surface area contributed by atoms with Crippen molar-refractivity contribution in [3.63, 3.8) is 0 Å². The van der Waals surface area contributed by atoms with E-state index >= 15 is 0 Å². The highest BCUT2D eigenvalue weighted by atomic mass is 16.4. The zero-order chi connectivity index (χ0) is 12.7. The van der Waals surface area contributed by atoms with Crippen LogP contribution in [-0.2, 0) is 0 Å². The normalized spacial score (nSPS) is 14.7. The fourth-order valence-electron chi connectivity index (χ4n) is 2.05. The summed E-state index contributed by atoms with van der Waals surface area (Å²) in [5.41, 5.74) is 2.48. The maximum Gasteiger partial charge on any atom is 0.373 e. The molecular formula is C14H13NO3. The van der Waals surface area contributed by atoms with E-state index in [4.69, 9.17) is 9.52 Å². The van der Waals surface area contributed by atoms with E-state index in [1.54, 1.807) is 0 Å². The van der Waals surface area contributed by atoms with E-state index in [2.05, 4.69) is 4.98 Å². The van der Waals surface area contributed by atoms with Crippen LogP contribution in [0.3, 0.4) is 0 Å². The summed E-state index contributed by atoms with van der Waals surface area (Å²) in [5, 5.41) is 9.14. The third kappa shape index (κ3) is 1.79. The molecule has 0 amide bonds. The van der Waals surface area contributed by atoms with Crippen LogP contribution in [0, 0.1) is 6.92 Å². The molecule has 0 saturated heterocycles. The molecule has 2 aromatic rings. The van der Waals surface area contributed by atoms with Crippen LogP contribution in [-0.4, -0.2) is 16.1 Å². The van der Waals surface area contributed by atoms with Gasteiger partial charge in [0.05, 0.1) is 5.69 Å². The first-order valence-electron chi connectivity index (χ1n) is 5.97. The predicted molar refractivity (Wildman–Crippen MR) is 65.6 cm³/mol. The fraction of sp³-hybridized carbons (Fsp3) is 0.286. The summed E-state index contributed by atoms with van der Waals surface area (Å²) in [6.45, 7) is 1.96. The first-order valence-corrected chi connectivity index (χ1v) is 5.97. The number of aromatic nitrogens is 1. The largest absolute Gasteiger partial charge is 0.475 e. The van der Waals surface area contributed by atoms with Crippen LogP contribution in [0.2, 0.25) is 0 Å². The van der Waals surface area contributed by atoms with E-state index < -0.39 is 5.97 Å². The molecule has 1 saturated carbocycles. The van der Waals surface area contributed by atoms with Gasteiger partial charge in [0.2, 0.25) is 11.7 Å². The number of benzene rings is 1. The lowest BCUT2D eigenvalue weighted by Gasteiger charge is -1.98. The van der Waals surface area contributed by atoms with Crippen molar-refractivity contribution in [3.05, 3.63) is 41.3 Å². The highest BCUT2D eigenvalue weighted by molar-refractivity contribution is 5.86. The van der Waals surface area contributed by atoms with Crippen molar-refractivity contribution in [3.8, 4) is 11.5 Å². The van der Waals surface area contributed by atoms with Crippen molar-refractivity contribution in [2.45, 2.75) is 25.7 Å². The number of carboxylic acids is 1. The highest BCUT2D eigenvalue weighted by Gasteiger charge is 2.33. The summed E-state index contributed by atoms with van der Waals surface area (Å²) in [6.07, 6.45) is 2.00. The van der Waals surface area contributed by atoms with Crippen LogP contribution in [0.5, 0.6) is 0 Å². The number of aromatic carboxylic acids is 1. The minimum atomic E-state index is -1.04. The van der Waals surface area contributed by atoms with Crippen LogP contribution in [0.1, 0.15) is 40.6 Å². The Morgan fingerprint density at radius 2 is 2.11 bits per heavy atom. The Morgan fingerprint density at radius 3 is 2.72 bits per heavy atom. The topological polar surface area (TPSA) is 63.3 Å². The Labute approximate surface area is 104 Å². The number of aryl methyl sites for hydroxylation is 1. The van der Waals surface area contributed by atoms with Crippen molar-refractivity contribution in [2.75, 3.05) is 0 Å². The molecule has 4 nitrogen and oxygen atoms in total. The van der Waals surface area contributed by atoms with Crippen molar-refractivity contribution < 1.29 is 14.3 Å². The van der Waals surface area contributed by atoms with Gasteiger partial charge in [-0.15, -0.1) is 0 Å². The number of hydrogen-bond donors (Lipinski definition) is 1. The molecule has 0 radical (unpaired) electrons. The molecule has 0 spiro atoms. The molecular weight excluding hydrogens is 230 g/mol. The Balaban J connectivity index is 2.11. The van der Waals surface area contributed by atoms with Gasteiger partial charge in [0.1, 0.15) is 0 Å². The first kappa shape index (κ1) is 11.0. The molecule has 18 heavy (non-hydrogen) atoms. The second-order valence-corrected chi connectivity index (χ2v) is 4.63. The van der Waals surface area contributed by atoms with Crippen LogP contribution < -0.4 is 0 Å². The number of oxazole rings is 1. The minimum Gasteiger partial charge on any atom is -0.475 e. The standard InChI is InChI=1S/C14H13NO3/c1-8-4-2-3-5-10(8)13-15-11(9-6-7-9)12(18-13)14(16)17/h2-5,9H,6-7H2,1H3,(H,16,17). The summed E-state index contributed by atoms with van der Waals surface area (Å²) >= 11 is 0. The van der Waals surface area contributed by atoms with Crippen LogP contribution in [0.4, 0.5) is 0 Å². The van der Waals surface area contributed by atoms with E-state index in [0.717, 1.165) is 24.0 Å². The lowest BCUT2D eigenvalue weighted by Crippen LogP contribution is -1.98. The Hall–Kier alpha value is -2.10. The third-order valence-corrected chi connectivity index (χ3v) is 3.19. The summed E-state index contributed by atoms with van der Waals surface area (Å²) in [4.78, 5) is 15.5. The highest BCUT2D eigenvalue weighted by Crippen LogP contribution is 2.42. The van der Waals surface area contributed by atoms with Gasteiger partial charge in [0.25, 0.3) is 0 Å². The molecule has 0 bridgehead atoms. The molecule has 1 aliphatic rings. The van der Waals surface area contributed by atoms with Gasteiger partial charge in [-0.05, 0) is 31.4 Å². The van der Waals surface area contributed by atoms with Gasteiger partial charge in [-0.25, -0.2) is 9.78 Å².